The Hall–Kier alpha value is -1.46. The molecule has 0 aliphatic carbocycles. The van der Waals surface area contributed by atoms with E-state index in [9.17, 15) is 9.18 Å². The van der Waals surface area contributed by atoms with Gasteiger partial charge in [-0.3, -0.25) is 4.79 Å². The molecule has 98 valence electrons. The standard InChI is InChI=1S/C13H17FN2O2/c1-8-2-5-12(18-8)13(17)16-10-3-4-11(14)9(6-10)7-15/h3-4,6,8,12H,2,5,7,15H2,1H3,(H,16,17). The Kier molecular flexibility index (Phi) is 3.93. The molecular formula is C13H17FN2O2. The van der Waals surface area contributed by atoms with E-state index in [1.165, 1.54) is 12.1 Å². The minimum atomic E-state index is -0.411. The van der Waals surface area contributed by atoms with Crippen LogP contribution in [-0.4, -0.2) is 18.1 Å². The van der Waals surface area contributed by atoms with Crippen molar-refractivity contribution >= 4 is 11.6 Å². The Balaban J connectivity index is 2.03. The van der Waals surface area contributed by atoms with Gasteiger partial charge in [0.2, 0.25) is 0 Å². The van der Waals surface area contributed by atoms with Crippen molar-refractivity contribution < 1.29 is 13.9 Å². The van der Waals surface area contributed by atoms with Crippen LogP contribution in [0.2, 0.25) is 0 Å². The number of nitrogens with two attached hydrogens (primary N) is 1. The first kappa shape index (κ1) is 13.0. The first-order valence-corrected chi connectivity index (χ1v) is 6.05. The van der Waals surface area contributed by atoms with E-state index in [1.54, 1.807) is 6.07 Å². The van der Waals surface area contributed by atoms with Gasteiger partial charge >= 0.3 is 0 Å². The Labute approximate surface area is 105 Å². The molecule has 2 atom stereocenters. The lowest BCUT2D eigenvalue weighted by atomic mass is 10.1. The van der Waals surface area contributed by atoms with Crippen molar-refractivity contribution in [3.63, 3.8) is 0 Å². The van der Waals surface area contributed by atoms with Crippen LogP contribution in [0.3, 0.4) is 0 Å². The summed E-state index contributed by atoms with van der Waals surface area (Å²) in [4.78, 5) is 11.9. The topological polar surface area (TPSA) is 64.4 Å². The number of carbonyl (C=O) groups excluding carboxylic acids is 1. The Bertz CT molecular complexity index is 451. The van der Waals surface area contributed by atoms with Gasteiger partial charge in [-0.25, -0.2) is 4.39 Å². The average Bonchev–Trinajstić information content (AvgIpc) is 2.78. The molecular weight excluding hydrogens is 235 g/mol. The SMILES string of the molecule is CC1CCC(C(=O)Nc2ccc(F)c(CN)c2)O1. The van der Waals surface area contributed by atoms with Gasteiger partial charge in [0.05, 0.1) is 6.10 Å². The molecule has 0 radical (unpaired) electrons. The third-order valence-corrected chi connectivity index (χ3v) is 3.06. The molecule has 1 aliphatic rings. The van der Waals surface area contributed by atoms with Gasteiger partial charge in [-0.2, -0.15) is 0 Å². The van der Waals surface area contributed by atoms with Gasteiger partial charge in [0.25, 0.3) is 5.91 Å². The second-order valence-corrected chi connectivity index (χ2v) is 4.51. The molecule has 0 saturated carbocycles. The number of rotatable bonds is 3. The van der Waals surface area contributed by atoms with Crippen LogP contribution in [0.4, 0.5) is 10.1 Å². The molecule has 1 aliphatic heterocycles. The van der Waals surface area contributed by atoms with E-state index in [0.29, 0.717) is 11.3 Å². The minimum absolute atomic E-state index is 0.104. The zero-order valence-electron chi connectivity index (χ0n) is 10.3. The molecule has 1 fully saturated rings. The summed E-state index contributed by atoms with van der Waals surface area (Å²) in [6.45, 7) is 2.05. The number of hydrogen-bond acceptors (Lipinski definition) is 3. The molecule has 1 amide bonds. The van der Waals surface area contributed by atoms with Gasteiger partial charge in [0, 0.05) is 17.8 Å². The smallest absolute Gasteiger partial charge is 0.253 e. The van der Waals surface area contributed by atoms with Crippen LogP contribution in [0.5, 0.6) is 0 Å². The Morgan fingerprint density at radius 2 is 2.33 bits per heavy atom. The van der Waals surface area contributed by atoms with Crippen molar-refractivity contribution in [2.24, 2.45) is 5.73 Å². The van der Waals surface area contributed by atoms with Crippen LogP contribution in [0.1, 0.15) is 25.3 Å². The van der Waals surface area contributed by atoms with E-state index in [0.717, 1.165) is 12.8 Å². The summed E-state index contributed by atoms with van der Waals surface area (Å²) in [6.07, 6.45) is 1.31. The summed E-state index contributed by atoms with van der Waals surface area (Å²) in [5.41, 5.74) is 6.34. The summed E-state index contributed by atoms with van der Waals surface area (Å²) in [5, 5.41) is 2.72. The zero-order valence-corrected chi connectivity index (χ0v) is 10.3. The summed E-state index contributed by atoms with van der Waals surface area (Å²) in [7, 11) is 0. The third-order valence-electron chi connectivity index (χ3n) is 3.06. The number of nitrogens with one attached hydrogen (secondary N) is 1. The van der Waals surface area contributed by atoms with Gasteiger partial charge in [0.1, 0.15) is 11.9 Å². The number of hydrogen-bond donors (Lipinski definition) is 2. The maximum absolute atomic E-state index is 13.2. The highest BCUT2D eigenvalue weighted by Gasteiger charge is 2.28. The van der Waals surface area contributed by atoms with Gasteiger partial charge in [-0.15, -0.1) is 0 Å². The fourth-order valence-electron chi connectivity index (χ4n) is 2.03. The van der Waals surface area contributed by atoms with Crippen molar-refractivity contribution in [3.8, 4) is 0 Å². The molecule has 2 unspecified atom stereocenters. The number of benzene rings is 1. The van der Waals surface area contributed by atoms with E-state index in [-0.39, 0.29) is 24.4 Å². The molecule has 5 heteroatoms. The second-order valence-electron chi connectivity index (χ2n) is 4.51. The quantitative estimate of drug-likeness (QED) is 0.862. The molecule has 2 rings (SSSR count). The molecule has 3 N–H and O–H groups in total. The van der Waals surface area contributed by atoms with Crippen LogP contribution in [-0.2, 0) is 16.1 Å². The Morgan fingerprint density at radius 3 is 2.94 bits per heavy atom. The van der Waals surface area contributed by atoms with Crippen molar-refractivity contribution in [2.45, 2.75) is 38.5 Å². The largest absolute Gasteiger partial charge is 0.365 e. The van der Waals surface area contributed by atoms with Crippen LogP contribution in [0.25, 0.3) is 0 Å². The number of halogens is 1. The molecule has 18 heavy (non-hydrogen) atoms. The lowest BCUT2D eigenvalue weighted by Crippen LogP contribution is -2.27. The molecule has 0 spiro atoms. The number of anilines is 1. The highest BCUT2D eigenvalue weighted by Crippen LogP contribution is 2.21. The summed E-state index contributed by atoms with van der Waals surface area (Å²) in [6, 6.07) is 4.37. The molecule has 1 aromatic rings. The van der Waals surface area contributed by atoms with E-state index in [4.69, 9.17) is 10.5 Å². The predicted molar refractivity (Wildman–Crippen MR) is 66.5 cm³/mol. The van der Waals surface area contributed by atoms with Gasteiger partial charge in [-0.05, 0) is 38.0 Å². The van der Waals surface area contributed by atoms with Gasteiger partial charge in [0.15, 0.2) is 0 Å². The van der Waals surface area contributed by atoms with E-state index < -0.39 is 6.10 Å². The predicted octanol–water partition coefficient (Wildman–Crippen LogP) is 1.79. The summed E-state index contributed by atoms with van der Waals surface area (Å²) >= 11 is 0. The third kappa shape index (κ3) is 2.86. The van der Waals surface area contributed by atoms with Crippen LogP contribution in [0, 0.1) is 5.82 Å². The number of amides is 1. The van der Waals surface area contributed by atoms with Gasteiger partial charge < -0.3 is 15.8 Å². The summed E-state index contributed by atoms with van der Waals surface area (Å²) in [5.74, 6) is -0.546. The highest BCUT2D eigenvalue weighted by atomic mass is 19.1. The fraction of sp³-hybridized carbons (Fsp3) is 0.462. The molecule has 1 saturated heterocycles. The van der Waals surface area contributed by atoms with Crippen molar-refractivity contribution in [3.05, 3.63) is 29.6 Å². The fourth-order valence-corrected chi connectivity index (χ4v) is 2.03. The molecule has 4 nitrogen and oxygen atoms in total. The van der Waals surface area contributed by atoms with Crippen molar-refractivity contribution in [1.29, 1.82) is 0 Å². The van der Waals surface area contributed by atoms with Crippen LogP contribution in [0.15, 0.2) is 18.2 Å². The molecule has 0 aromatic heterocycles. The molecule has 1 aromatic carbocycles. The van der Waals surface area contributed by atoms with E-state index in [2.05, 4.69) is 5.32 Å². The first-order valence-electron chi connectivity index (χ1n) is 6.05. The molecule has 1 heterocycles. The van der Waals surface area contributed by atoms with Crippen molar-refractivity contribution in [2.75, 3.05) is 5.32 Å². The number of ether oxygens (including phenoxy) is 1. The maximum atomic E-state index is 13.2. The monoisotopic (exact) mass is 252 g/mol. The van der Waals surface area contributed by atoms with Crippen molar-refractivity contribution in [1.82, 2.24) is 0 Å². The highest BCUT2D eigenvalue weighted by molar-refractivity contribution is 5.94. The maximum Gasteiger partial charge on any atom is 0.253 e. The minimum Gasteiger partial charge on any atom is -0.365 e. The lowest BCUT2D eigenvalue weighted by molar-refractivity contribution is -0.126. The van der Waals surface area contributed by atoms with E-state index in [1.807, 2.05) is 6.92 Å². The number of carbonyl (C=O) groups is 1. The first-order chi connectivity index (χ1) is 8.60. The normalized spacial score (nSPS) is 23.1. The lowest BCUT2D eigenvalue weighted by Gasteiger charge is -2.12. The van der Waals surface area contributed by atoms with Crippen LogP contribution < -0.4 is 11.1 Å². The van der Waals surface area contributed by atoms with Crippen LogP contribution >= 0.6 is 0 Å². The molecule has 0 bridgehead atoms. The zero-order chi connectivity index (χ0) is 13.1. The van der Waals surface area contributed by atoms with E-state index >= 15 is 0 Å². The van der Waals surface area contributed by atoms with Gasteiger partial charge in [-0.1, -0.05) is 0 Å². The second kappa shape index (κ2) is 5.46. The average molecular weight is 252 g/mol. The Morgan fingerprint density at radius 1 is 1.56 bits per heavy atom. The summed E-state index contributed by atoms with van der Waals surface area (Å²) < 4.78 is 18.7.